The van der Waals surface area contributed by atoms with Crippen molar-refractivity contribution in [3.05, 3.63) is 77.0 Å². The summed E-state index contributed by atoms with van der Waals surface area (Å²) in [5.74, 6) is -0.0948. The molecule has 0 atom stereocenters. The minimum absolute atomic E-state index is 0.0195. The molecule has 5 heteroatoms. The van der Waals surface area contributed by atoms with Gasteiger partial charge in [-0.05, 0) is 25.1 Å². The molecule has 0 radical (unpaired) electrons. The number of rotatable bonds is 4. The SMILES string of the molecule is CCn1cc(C(=O)Cn2cnc3ccccc3c2=O)c2ccccc21. The number of ketones is 1. The summed E-state index contributed by atoms with van der Waals surface area (Å²) in [6, 6.07) is 15.0. The van der Waals surface area contributed by atoms with Crippen LogP contribution >= 0.6 is 0 Å². The van der Waals surface area contributed by atoms with Gasteiger partial charge < -0.3 is 4.57 Å². The zero-order valence-electron chi connectivity index (χ0n) is 13.8. The highest BCUT2D eigenvalue weighted by Crippen LogP contribution is 2.22. The fraction of sp³-hybridized carbons (Fsp3) is 0.150. The monoisotopic (exact) mass is 331 g/mol. The average Bonchev–Trinajstić information content (AvgIpc) is 3.03. The predicted octanol–water partition coefficient (Wildman–Crippen LogP) is 3.25. The van der Waals surface area contributed by atoms with Gasteiger partial charge in [0.15, 0.2) is 5.78 Å². The Kier molecular flexibility index (Phi) is 3.69. The van der Waals surface area contributed by atoms with Crippen molar-refractivity contribution in [3.63, 3.8) is 0 Å². The van der Waals surface area contributed by atoms with Gasteiger partial charge >= 0.3 is 0 Å². The van der Waals surface area contributed by atoms with Crippen LogP contribution in [0.5, 0.6) is 0 Å². The summed E-state index contributed by atoms with van der Waals surface area (Å²) < 4.78 is 3.42. The Hall–Kier alpha value is -3.21. The van der Waals surface area contributed by atoms with Crippen molar-refractivity contribution in [2.45, 2.75) is 20.0 Å². The van der Waals surface area contributed by atoms with E-state index in [1.807, 2.05) is 48.0 Å². The Bertz CT molecular complexity index is 1150. The number of aryl methyl sites for hydroxylation is 1. The van der Waals surface area contributed by atoms with Crippen LogP contribution in [0.25, 0.3) is 21.8 Å². The number of Topliss-reactive ketones (excluding diaryl/α,β-unsaturated/α-hetero) is 1. The second kappa shape index (κ2) is 6.02. The first-order valence-corrected chi connectivity index (χ1v) is 8.24. The van der Waals surface area contributed by atoms with Gasteiger partial charge in [-0.1, -0.05) is 30.3 Å². The summed E-state index contributed by atoms with van der Waals surface area (Å²) >= 11 is 0. The summed E-state index contributed by atoms with van der Waals surface area (Å²) in [6.45, 7) is 2.80. The molecular weight excluding hydrogens is 314 g/mol. The lowest BCUT2D eigenvalue weighted by molar-refractivity contribution is 0.0972. The fourth-order valence-electron chi connectivity index (χ4n) is 3.19. The molecule has 0 N–H and O–H groups in total. The Morgan fingerprint density at radius 2 is 1.72 bits per heavy atom. The molecule has 0 aliphatic carbocycles. The highest BCUT2D eigenvalue weighted by molar-refractivity contribution is 6.08. The molecule has 0 saturated carbocycles. The predicted molar refractivity (Wildman–Crippen MR) is 97.9 cm³/mol. The minimum Gasteiger partial charge on any atom is -0.347 e. The van der Waals surface area contributed by atoms with Crippen LogP contribution in [0.1, 0.15) is 17.3 Å². The molecule has 4 rings (SSSR count). The molecule has 5 nitrogen and oxygen atoms in total. The third-order valence-electron chi connectivity index (χ3n) is 4.48. The number of nitrogens with zero attached hydrogens (tertiary/aromatic N) is 3. The van der Waals surface area contributed by atoms with E-state index in [1.54, 1.807) is 18.2 Å². The van der Waals surface area contributed by atoms with Gasteiger partial charge in [-0.3, -0.25) is 14.2 Å². The van der Waals surface area contributed by atoms with Crippen molar-refractivity contribution in [1.82, 2.24) is 14.1 Å². The van der Waals surface area contributed by atoms with Gasteiger partial charge in [-0.25, -0.2) is 4.98 Å². The van der Waals surface area contributed by atoms with E-state index in [0.29, 0.717) is 16.5 Å². The van der Waals surface area contributed by atoms with E-state index in [2.05, 4.69) is 4.98 Å². The molecule has 124 valence electrons. The molecule has 0 aliphatic rings. The van der Waals surface area contributed by atoms with Crippen molar-refractivity contribution in [2.75, 3.05) is 0 Å². The maximum Gasteiger partial charge on any atom is 0.261 e. The van der Waals surface area contributed by atoms with E-state index < -0.39 is 0 Å². The fourth-order valence-corrected chi connectivity index (χ4v) is 3.19. The van der Waals surface area contributed by atoms with Crippen molar-refractivity contribution in [1.29, 1.82) is 0 Å². The number of hydrogen-bond donors (Lipinski definition) is 0. The van der Waals surface area contributed by atoms with E-state index in [-0.39, 0.29) is 17.9 Å². The molecule has 2 aromatic heterocycles. The lowest BCUT2D eigenvalue weighted by Crippen LogP contribution is -2.24. The molecule has 2 aromatic carbocycles. The number of aromatic nitrogens is 3. The van der Waals surface area contributed by atoms with Crippen LogP contribution in [-0.4, -0.2) is 19.9 Å². The maximum atomic E-state index is 12.8. The first-order valence-electron chi connectivity index (χ1n) is 8.24. The lowest BCUT2D eigenvalue weighted by Gasteiger charge is -2.05. The third kappa shape index (κ3) is 2.54. The molecule has 2 heterocycles. The van der Waals surface area contributed by atoms with E-state index in [9.17, 15) is 9.59 Å². The van der Waals surface area contributed by atoms with Crippen LogP contribution in [0.2, 0.25) is 0 Å². The number of para-hydroxylation sites is 2. The van der Waals surface area contributed by atoms with Gasteiger partial charge in [0.25, 0.3) is 5.56 Å². The van der Waals surface area contributed by atoms with Crippen LogP contribution in [0.15, 0.2) is 65.8 Å². The number of carbonyl (C=O) groups excluding carboxylic acids is 1. The lowest BCUT2D eigenvalue weighted by atomic mass is 10.1. The summed E-state index contributed by atoms with van der Waals surface area (Å²) in [6.07, 6.45) is 3.31. The normalized spacial score (nSPS) is 11.2. The van der Waals surface area contributed by atoms with E-state index in [1.165, 1.54) is 10.9 Å². The van der Waals surface area contributed by atoms with Crippen molar-refractivity contribution in [3.8, 4) is 0 Å². The highest BCUT2D eigenvalue weighted by Gasteiger charge is 2.16. The number of carbonyl (C=O) groups is 1. The van der Waals surface area contributed by atoms with Gasteiger partial charge in [0.1, 0.15) is 0 Å². The van der Waals surface area contributed by atoms with Crippen LogP contribution in [0, 0.1) is 0 Å². The number of fused-ring (bicyclic) bond motifs is 2. The Balaban J connectivity index is 1.76. The summed E-state index contributed by atoms with van der Waals surface area (Å²) in [7, 11) is 0. The van der Waals surface area contributed by atoms with Crippen molar-refractivity contribution >= 4 is 27.6 Å². The molecular formula is C20H17N3O2. The molecule has 0 aliphatic heterocycles. The second-order valence-corrected chi connectivity index (χ2v) is 5.96. The second-order valence-electron chi connectivity index (χ2n) is 5.96. The van der Waals surface area contributed by atoms with Crippen LogP contribution in [0.4, 0.5) is 0 Å². The van der Waals surface area contributed by atoms with Gasteiger partial charge in [-0.2, -0.15) is 0 Å². The summed E-state index contributed by atoms with van der Waals surface area (Å²) in [5.41, 5.74) is 2.10. The zero-order chi connectivity index (χ0) is 17.4. The van der Waals surface area contributed by atoms with Crippen molar-refractivity contribution in [2.24, 2.45) is 0 Å². The molecule has 0 spiro atoms. The molecule has 0 bridgehead atoms. The summed E-state index contributed by atoms with van der Waals surface area (Å²) in [4.78, 5) is 29.7. The summed E-state index contributed by atoms with van der Waals surface area (Å²) in [5, 5.41) is 1.44. The van der Waals surface area contributed by atoms with Gasteiger partial charge in [0.2, 0.25) is 0 Å². The standard InChI is InChI=1S/C20H17N3O2/c1-2-22-11-16(14-7-4-6-10-18(14)22)19(24)12-23-13-21-17-9-5-3-8-15(17)20(23)25/h3-11,13H,2,12H2,1H3. The topological polar surface area (TPSA) is 56.9 Å². The Morgan fingerprint density at radius 3 is 2.52 bits per heavy atom. The first-order chi connectivity index (χ1) is 12.2. The van der Waals surface area contributed by atoms with Crippen molar-refractivity contribution < 1.29 is 4.79 Å². The molecule has 0 unspecified atom stereocenters. The smallest absolute Gasteiger partial charge is 0.261 e. The van der Waals surface area contributed by atoms with Gasteiger partial charge in [0.05, 0.1) is 23.8 Å². The largest absolute Gasteiger partial charge is 0.347 e. The maximum absolute atomic E-state index is 12.8. The van der Waals surface area contributed by atoms with E-state index in [0.717, 1.165) is 17.4 Å². The average molecular weight is 331 g/mol. The van der Waals surface area contributed by atoms with Gasteiger partial charge in [0, 0.05) is 29.2 Å². The molecule has 0 fully saturated rings. The number of hydrogen-bond acceptors (Lipinski definition) is 3. The van der Waals surface area contributed by atoms with E-state index in [4.69, 9.17) is 0 Å². The van der Waals surface area contributed by atoms with E-state index >= 15 is 0 Å². The minimum atomic E-state index is -0.196. The molecule has 25 heavy (non-hydrogen) atoms. The Morgan fingerprint density at radius 1 is 1.00 bits per heavy atom. The number of benzene rings is 2. The van der Waals surface area contributed by atoms with Gasteiger partial charge in [-0.15, -0.1) is 0 Å². The quantitative estimate of drug-likeness (QED) is 0.539. The third-order valence-corrected chi connectivity index (χ3v) is 4.48. The van der Waals surface area contributed by atoms with Crippen LogP contribution in [-0.2, 0) is 13.1 Å². The zero-order valence-corrected chi connectivity index (χ0v) is 13.8. The Labute approximate surface area is 144 Å². The van der Waals surface area contributed by atoms with Crippen LogP contribution < -0.4 is 5.56 Å². The molecule has 4 aromatic rings. The first kappa shape index (κ1) is 15.3. The molecule has 0 saturated heterocycles. The molecule has 0 amide bonds. The highest BCUT2D eigenvalue weighted by atomic mass is 16.1. The van der Waals surface area contributed by atoms with Crippen LogP contribution in [0.3, 0.4) is 0 Å².